The third kappa shape index (κ3) is 4.36. The predicted molar refractivity (Wildman–Crippen MR) is 107 cm³/mol. The quantitative estimate of drug-likeness (QED) is 0.353. The first-order valence-corrected chi connectivity index (χ1v) is 9.58. The summed E-state index contributed by atoms with van der Waals surface area (Å²) in [5.41, 5.74) is 5.39. The van der Waals surface area contributed by atoms with Gasteiger partial charge in [-0.3, -0.25) is 14.7 Å². The lowest BCUT2D eigenvalue weighted by Gasteiger charge is -2.15. The molecule has 1 atom stereocenters. The SMILES string of the molecule is Cc1ccc([C@@H](C[N+](=O)[O-])Sc2nnc(C)n2-c2ccc(C)c(C)c2)cc1. The van der Waals surface area contributed by atoms with Crippen LogP contribution in [0.5, 0.6) is 0 Å². The van der Waals surface area contributed by atoms with Crippen LogP contribution in [0.4, 0.5) is 0 Å². The van der Waals surface area contributed by atoms with Crippen LogP contribution in [0.3, 0.4) is 0 Å². The largest absolute Gasteiger partial charge is 0.274 e. The molecule has 0 spiro atoms. The standard InChI is InChI=1S/C20H22N4O2S/c1-13-5-8-17(9-6-13)19(12-23(25)26)27-20-22-21-16(4)24(20)18-10-7-14(2)15(3)11-18/h5-11,19H,12H2,1-4H3/t19-/m1/s1. The van der Waals surface area contributed by atoms with Gasteiger partial charge >= 0.3 is 0 Å². The van der Waals surface area contributed by atoms with Crippen LogP contribution in [-0.4, -0.2) is 26.2 Å². The Hall–Kier alpha value is -2.67. The Morgan fingerprint density at radius 3 is 2.37 bits per heavy atom. The van der Waals surface area contributed by atoms with E-state index in [-0.39, 0.29) is 16.7 Å². The van der Waals surface area contributed by atoms with Gasteiger partial charge in [-0.2, -0.15) is 0 Å². The van der Waals surface area contributed by atoms with Gasteiger partial charge in [0.05, 0.1) is 0 Å². The van der Waals surface area contributed by atoms with Crippen molar-refractivity contribution >= 4 is 11.8 Å². The minimum atomic E-state index is -0.338. The molecule has 1 heterocycles. The van der Waals surface area contributed by atoms with Crippen molar-refractivity contribution in [2.45, 2.75) is 38.1 Å². The summed E-state index contributed by atoms with van der Waals surface area (Å²) in [7, 11) is 0. The van der Waals surface area contributed by atoms with Crippen LogP contribution in [0.1, 0.15) is 33.3 Å². The van der Waals surface area contributed by atoms with Gasteiger partial charge in [-0.15, -0.1) is 10.2 Å². The van der Waals surface area contributed by atoms with Crippen molar-refractivity contribution in [3.05, 3.63) is 80.7 Å². The topological polar surface area (TPSA) is 73.8 Å². The van der Waals surface area contributed by atoms with Gasteiger partial charge < -0.3 is 0 Å². The predicted octanol–water partition coefficient (Wildman–Crippen LogP) is 4.61. The second-order valence-corrected chi connectivity index (χ2v) is 7.84. The molecular weight excluding hydrogens is 360 g/mol. The first kappa shape index (κ1) is 19.1. The minimum Gasteiger partial charge on any atom is -0.274 e. The first-order chi connectivity index (χ1) is 12.8. The summed E-state index contributed by atoms with van der Waals surface area (Å²) in [6.45, 7) is 7.85. The Morgan fingerprint density at radius 2 is 1.74 bits per heavy atom. The third-order valence-electron chi connectivity index (χ3n) is 4.56. The van der Waals surface area contributed by atoms with Crippen molar-refractivity contribution in [2.75, 3.05) is 6.54 Å². The Kier molecular flexibility index (Phi) is 5.60. The average molecular weight is 382 g/mol. The highest BCUT2D eigenvalue weighted by Crippen LogP contribution is 2.36. The summed E-state index contributed by atoms with van der Waals surface area (Å²) in [5, 5.41) is 20.0. The van der Waals surface area contributed by atoms with Gasteiger partial charge in [0.1, 0.15) is 11.1 Å². The Labute approximate surface area is 162 Å². The van der Waals surface area contributed by atoms with Crippen molar-refractivity contribution in [1.82, 2.24) is 14.8 Å². The van der Waals surface area contributed by atoms with Gasteiger partial charge in [-0.05, 0) is 56.5 Å². The normalized spacial score (nSPS) is 12.1. The molecule has 1 aromatic heterocycles. The molecule has 0 aliphatic heterocycles. The molecule has 2 aromatic carbocycles. The Bertz CT molecular complexity index is 967. The molecule has 0 radical (unpaired) electrons. The zero-order valence-corrected chi connectivity index (χ0v) is 16.7. The lowest BCUT2D eigenvalue weighted by molar-refractivity contribution is -0.479. The molecule has 0 fully saturated rings. The second-order valence-electron chi connectivity index (χ2n) is 6.67. The number of rotatable bonds is 6. The summed E-state index contributed by atoms with van der Waals surface area (Å²) in [5.74, 6) is 0.754. The molecule has 0 unspecified atom stereocenters. The Balaban J connectivity index is 1.98. The number of hydrogen-bond acceptors (Lipinski definition) is 5. The number of benzene rings is 2. The summed E-state index contributed by atoms with van der Waals surface area (Å²) in [6.07, 6.45) is 0. The van der Waals surface area contributed by atoms with Crippen molar-refractivity contribution < 1.29 is 4.92 Å². The van der Waals surface area contributed by atoms with E-state index in [4.69, 9.17) is 0 Å². The van der Waals surface area contributed by atoms with Gasteiger partial charge in [0.15, 0.2) is 5.16 Å². The van der Waals surface area contributed by atoms with E-state index in [9.17, 15) is 10.1 Å². The molecule has 3 aromatic rings. The fourth-order valence-corrected chi connectivity index (χ4v) is 4.01. The molecule has 0 saturated carbocycles. The van der Waals surface area contributed by atoms with Crippen LogP contribution < -0.4 is 0 Å². The van der Waals surface area contributed by atoms with E-state index in [1.54, 1.807) is 0 Å². The summed E-state index contributed by atoms with van der Waals surface area (Å²) >= 11 is 1.38. The molecule has 0 bridgehead atoms. The maximum absolute atomic E-state index is 11.2. The van der Waals surface area contributed by atoms with Crippen LogP contribution in [0.25, 0.3) is 5.69 Å². The molecule has 0 aliphatic rings. The number of aryl methyl sites for hydroxylation is 4. The lowest BCUT2D eigenvalue weighted by atomic mass is 10.1. The zero-order valence-electron chi connectivity index (χ0n) is 15.8. The molecule has 0 N–H and O–H groups in total. The molecule has 0 aliphatic carbocycles. The van der Waals surface area contributed by atoms with Crippen LogP contribution in [0.15, 0.2) is 47.6 Å². The first-order valence-electron chi connectivity index (χ1n) is 8.70. The molecule has 3 rings (SSSR count). The Morgan fingerprint density at radius 1 is 1.04 bits per heavy atom. The molecular formula is C20H22N4O2S. The van der Waals surface area contributed by atoms with E-state index in [0.29, 0.717) is 5.16 Å². The van der Waals surface area contributed by atoms with Gasteiger partial charge in [-0.25, -0.2) is 0 Å². The molecule has 0 amide bonds. The number of hydrogen-bond donors (Lipinski definition) is 0. The smallest absolute Gasteiger partial charge is 0.220 e. The average Bonchev–Trinajstić information content (AvgIpc) is 2.97. The maximum Gasteiger partial charge on any atom is 0.220 e. The van der Waals surface area contributed by atoms with E-state index in [0.717, 1.165) is 22.6 Å². The van der Waals surface area contributed by atoms with Gasteiger partial charge in [0, 0.05) is 10.6 Å². The molecule has 0 saturated heterocycles. The fourth-order valence-electron chi connectivity index (χ4n) is 2.84. The van der Waals surface area contributed by atoms with Crippen molar-refractivity contribution in [3.8, 4) is 5.69 Å². The lowest BCUT2D eigenvalue weighted by Crippen LogP contribution is -2.11. The van der Waals surface area contributed by atoms with Gasteiger partial charge in [0.25, 0.3) is 0 Å². The summed E-state index contributed by atoms with van der Waals surface area (Å²) in [6, 6.07) is 14.0. The molecule has 27 heavy (non-hydrogen) atoms. The van der Waals surface area contributed by atoms with Gasteiger partial charge in [0.2, 0.25) is 6.54 Å². The number of nitro groups is 1. The van der Waals surface area contributed by atoms with Crippen LogP contribution in [0, 0.1) is 37.8 Å². The van der Waals surface area contributed by atoms with Gasteiger partial charge in [-0.1, -0.05) is 47.7 Å². The third-order valence-corrected chi connectivity index (χ3v) is 5.74. The van der Waals surface area contributed by atoms with E-state index >= 15 is 0 Å². The fraction of sp³-hybridized carbons (Fsp3) is 0.300. The minimum absolute atomic E-state index is 0.174. The van der Waals surface area contributed by atoms with E-state index in [2.05, 4.69) is 36.2 Å². The van der Waals surface area contributed by atoms with E-state index in [1.165, 1.54) is 22.9 Å². The summed E-state index contributed by atoms with van der Waals surface area (Å²) < 4.78 is 1.96. The van der Waals surface area contributed by atoms with Crippen molar-refractivity contribution in [2.24, 2.45) is 0 Å². The highest BCUT2D eigenvalue weighted by Gasteiger charge is 2.23. The molecule has 7 heteroatoms. The second kappa shape index (κ2) is 7.92. The summed E-state index contributed by atoms with van der Waals surface area (Å²) in [4.78, 5) is 11.0. The molecule has 140 valence electrons. The number of nitrogens with zero attached hydrogens (tertiary/aromatic N) is 4. The highest BCUT2D eigenvalue weighted by atomic mass is 32.2. The number of aromatic nitrogens is 3. The molecule has 6 nitrogen and oxygen atoms in total. The monoisotopic (exact) mass is 382 g/mol. The van der Waals surface area contributed by atoms with E-state index < -0.39 is 0 Å². The highest BCUT2D eigenvalue weighted by molar-refractivity contribution is 7.99. The van der Waals surface area contributed by atoms with Crippen LogP contribution in [0.2, 0.25) is 0 Å². The van der Waals surface area contributed by atoms with Crippen LogP contribution in [-0.2, 0) is 0 Å². The van der Waals surface area contributed by atoms with Crippen molar-refractivity contribution in [3.63, 3.8) is 0 Å². The van der Waals surface area contributed by atoms with Crippen LogP contribution >= 0.6 is 11.8 Å². The van der Waals surface area contributed by atoms with E-state index in [1.807, 2.05) is 48.7 Å². The maximum atomic E-state index is 11.2. The zero-order chi connectivity index (χ0) is 19.6. The van der Waals surface area contributed by atoms with Crippen molar-refractivity contribution in [1.29, 1.82) is 0 Å². The number of thioether (sulfide) groups is 1.